The van der Waals surface area contributed by atoms with Crippen molar-refractivity contribution in [3.8, 4) is 17.1 Å². The second-order valence-electron chi connectivity index (χ2n) is 6.12. The molecule has 0 N–H and O–H groups in total. The molecule has 0 bridgehead atoms. The lowest BCUT2D eigenvalue weighted by Crippen LogP contribution is -2.01. The van der Waals surface area contributed by atoms with Crippen molar-refractivity contribution in [2.24, 2.45) is 7.05 Å². The third-order valence-corrected chi connectivity index (χ3v) is 4.21. The maximum absolute atomic E-state index is 6.02. The molecule has 25 heavy (non-hydrogen) atoms. The average Bonchev–Trinajstić information content (AvgIpc) is 3.01. The summed E-state index contributed by atoms with van der Waals surface area (Å²) in [5.41, 5.74) is 4.76. The van der Waals surface area contributed by atoms with Gasteiger partial charge in [-0.25, -0.2) is 9.97 Å². The second kappa shape index (κ2) is 6.40. The predicted octanol–water partition coefficient (Wildman–Crippen LogP) is 4.52. The molecule has 0 atom stereocenters. The minimum absolute atomic E-state index is 0.483. The first kappa shape index (κ1) is 15.4. The standard InChI is InChI=1S/C21H19N3O/c1-15-8-10-18(19-11-9-17-12-13-24(2)20(17)23-19)21(22-15)25-14-16-6-4-3-5-7-16/h3-13H,14H2,1-2H3. The van der Waals surface area contributed by atoms with Crippen LogP contribution in [0.25, 0.3) is 22.3 Å². The minimum atomic E-state index is 0.483. The number of hydrogen-bond acceptors (Lipinski definition) is 3. The maximum atomic E-state index is 6.02. The van der Waals surface area contributed by atoms with E-state index in [4.69, 9.17) is 9.72 Å². The molecular weight excluding hydrogens is 310 g/mol. The summed E-state index contributed by atoms with van der Waals surface area (Å²) < 4.78 is 8.04. The fourth-order valence-corrected chi connectivity index (χ4v) is 2.85. The lowest BCUT2D eigenvalue weighted by atomic mass is 10.1. The number of aryl methyl sites for hydroxylation is 2. The van der Waals surface area contributed by atoms with E-state index in [0.29, 0.717) is 12.5 Å². The molecule has 4 rings (SSSR count). The lowest BCUT2D eigenvalue weighted by Gasteiger charge is -2.11. The zero-order valence-corrected chi connectivity index (χ0v) is 14.3. The lowest BCUT2D eigenvalue weighted by molar-refractivity contribution is 0.294. The van der Waals surface area contributed by atoms with E-state index in [0.717, 1.165) is 33.5 Å². The van der Waals surface area contributed by atoms with E-state index in [1.165, 1.54) is 0 Å². The number of rotatable bonds is 4. The Hall–Kier alpha value is -3.14. The molecule has 124 valence electrons. The monoisotopic (exact) mass is 329 g/mol. The van der Waals surface area contributed by atoms with Crippen molar-refractivity contribution in [3.05, 3.63) is 78.1 Å². The summed E-state index contributed by atoms with van der Waals surface area (Å²) in [6.07, 6.45) is 2.02. The molecule has 0 aliphatic heterocycles. The quantitative estimate of drug-likeness (QED) is 0.552. The Kier molecular flexibility index (Phi) is 3.94. The van der Waals surface area contributed by atoms with E-state index in [2.05, 4.69) is 17.1 Å². The zero-order valence-electron chi connectivity index (χ0n) is 14.3. The van der Waals surface area contributed by atoms with E-state index >= 15 is 0 Å². The Bertz CT molecular complexity index is 1020. The van der Waals surface area contributed by atoms with Crippen LogP contribution in [0.15, 0.2) is 66.9 Å². The van der Waals surface area contributed by atoms with Gasteiger partial charge in [0.15, 0.2) is 0 Å². The molecule has 0 aliphatic rings. The van der Waals surface area contributed by atoms with Crippen molar-refractivity contribution in [1.29, 1.82) is 0 Å². The van der Waals surface area contributed by atoms with Gasteiger partial charge < -0.3 is 9.30 Å². The van der Waals surface area contributed by atoms with Gasteiger partial charge in [-0.3, -0.25) is 0 Å². The fourth-order valence-electron chi connectivity index (χ4n) is 2.85. The summed E-state index contributed by atoms with van der Waals surface area (Å²) in [4.78, 5) is 9.38. The molecule has 0 amide bonds. The zero-order chi connectivity index (χ0) is 17.2. The summed E-state index contributed by atoms with van der Waals surface area (Å²) in [7, 11) is 2.00. The highest BCUT2D eigenvalue weighted by Gasteiger charge is 2.12. The van der Waals surface area contributed by atoms with E-state index < -0.39 is 0 Å². The first-order valence-electron chi connectivity index (χ1n) is 8.27. The molecule has 0 aliphatic carbocycles. The number of fused-ring (bicyclic) bond motifs is 1. The molecule has 3 heterocycles. The van der Waals surface area contributed by atoms with Gasteiger partial charge in [-0.2, -0.15) is 0 Å². The van der Waals surface area contributed by atoms with Gasteiger partial charge in [0.25, 0.3) is 0 Å². The van der Waals surface area contributed by atoms with Crippen LogP contribution in [0.1, 0.15) is 11.3 Å². The minimum Gasteiger partial charge on any atom is -0.472 e. The first-order chi connectivity index (χ1) is 12.2. The van der Waals surface area contributed by atoms with Crippen molar-refractivity contribution >= 4 is 11.0 Å². The molecule has 4 aromatic rings. The van der Waals surface area contributed by atoms with E-state index in [-0.39, 0.29) is 0 Å². The van der Waals surface area contributed by atoms with Crippen LogP contribution in [-0.2, 0) is 13.7 Å². The fraction of sp³-hybridized carbons (Fsp3) is 0.143. The van der Waals surface area contributed by atoms with Crippen LogP contribution >= 0.6 is 0 Å². The van der Waals surface area contributed by atoms with Gasteiger partial charge in [0.05, 0.1) is 11.3 Å². The van der Waals surface area contributed by atoms with E-state index in [9.17, 15) is 0 Å². The van der Waals surface area contributed by atoms with Crippen LogP contribution in [0.2, 0.25) is 0 Å². The number of nitrogens with zero attached hydrogens (tertiary/aromatic N) is 3. The highest BCUT2D eigenvalue weighted by molar-refractivity contribution is 5.80. The third-order valence-electron chi connectivity index (χ3n) is 4.21. The molecule has 1 aromatic carbocycles. The number of aromatic nitrogens is 3. The SMILES string of the molecule is Cc1ccc(-c2ccc3ccn(C)c3n2)c(OCc2ccccc2)n1. The summed E-state index contributed by atoms with van der Waals surface area (Å²) in [5, 5.41) is 1.12. The Morgan fingerprint density at radius 3 is 2.60 bits per heavy atom. The summed E-state index contributed by atoms with van der Waals surface area (Å²) in [5.74, 6) is 0.616. The van der Waals surface area contributed by atoms with Crippen LogP contribution in [-0.4, -0.2) is 14.5 Å². The molecule has 4 heteroatoms. The Balaban J connectivity index is 1.71. The molecule has 0 radical (unpaired) electrons. The molecule has 0 saturated heterocycles. The second-order valence-corrected chi connectivity index (χ2v) is 6.12. The number of hydrogen-bond donors (Lipinski definition) is 0. The number of pyridine rings is 2. The van der Waals surface area contributed by atoms with E-state index in [1.807, 2.05) is 73.3 Å². The van der Waals surface area contributed by atoms with Gasteiger partial charge >= 0.3 is 0 Å². The van der Waals surface area contributed by atoms with Crippen LogP contribution in [0.5, 0.6) is 5.88 Å². The van der Waals surface area contributed by atoms with Gasteiger partial charge in [-0.1, -0.05) is 30.3 Å². The van der Waals surface area contributed by atoms with Crippen LogP contribution in [0.3, 0.4) is 0 Å². The summed E-state index contributed by atoms with van der Waals surface area (Å²) >= 11 is 0. The smallest absolute Gasteiger partial charge is 0.223 e. The van der Waals surface area contributed by atoms with Gasteiger partial charge in [0.1, 0.15) is 12.3 Å². The van der Waals surface area contributed by atoms with Crippen LogP contribution < -0.4 is 4.74 Å². The van der Waals surface area contributed by atoms with Crippen molar-refractivity contribution in [1.82, 2.24) is 14.5 Å². The average molecular weight is 329 g/mol. The summed E-state index contributed by atoms with van der Waals surface area (Å²) in [6, 6.07) is 20.3. The highest BCUT2D eigenvalue weighted by atomic mass is 16.5. The Morgan fingerprint density at radius 1 is 0.920 bits per heavy atom. The Labute approximate surface area is 146 Å². The molecule has 4 nitrogen and oxygen atoms in total. The topological polar surface area (TPSA) is 39.9 Å². The van der Waals surface area contributed by atoms with Crippen LogP contribution in [0.4, 0.5) is 0 Å². The molecule has 0 fully saturated rings. The normalized spacial score (nSPS) is 11.0. The van der Waals surface area contributed by atoms with Gasteiger partial charge in [-0.15, -0.1) is 0 Å². The maximum Gasteiger partial charge on any atom is 0.223 e. The molecule has 3 aromatic heterocycles. The first-order valence-corrected chi connectivity index (χ1v) is 8.27. The van der Waals surface area contributed by atoms with Gasteiger partial charge in [-0.05, 0) is 42.8 Å². The highest BCUT2D eigenvalue weighted by Crippen LogP contribution is 2.29. The van der Waals surface area contributed by atoms with Crippen molar-refractivity contribution < 1.29 is 4.74 Å². The van der Waals surface area contributed by atoms with Crippen LogP contribution in [0, 0.1) is 6.92 Å². The third kappa shape index (κ3) is 3.11. The van der Waals surface area contributed by atoms with Crippen molar-refractivity contribution in [2.45, 2.75) is 13.5 Å². The molecule has 0 saturated carbocycles. The largest absolute Gasteiger partial charge is 0.472 e. The van der Waals surface area contributed by atoms with Crippen molar-refractivity contribution in [3.63, 3.8) is 0 Å². The Morgan fingerprint density at radius 2 is 1.76 bits per heavy atom. The molecule has 0 unspecified atom stereocenters. The molecular formula is C21H19N3O. The van der Waals surface area contributed by atoms with Gasteiger partial charge in [0.2, 0.25) is 5.88 Å². The number of ether oxygens (including phenoxy) is 1. The van der Waals surface area contributed by atoms with Crippen molar-refractivity contribution in [2.75, 3.05) is 0 Å². The van der Waals surface area contributed by atoms with Gasteiger partial charge in [0, 0.05) is 24.3 Å². The predicted molar refractivity (Wildman–Crippen MR) is 99.5 cm³/mol. The summed E-state index contributed by atoms with van der Waals surface area (Å²) in [6.45, 7) is 2.45. The molecule has 0 spiro atoms. The van der Waals surface area contributed by atoms with E-state index in [1.54, 1.807) is 0 Å². The number of benzene rings is 1.